The van der Waals surface area contributed by atoms with Crippen LogP contribution < -0.4 is 15.0 Å². The molecule has 0 atom stereocenters. The van der Waals surface area contributed by atoms with E-state index in [1.165, 1.54) is 15.6 Å². The van der Waals surface area contributed by atoms with Crippen LogP contribution in [-0.4, -0.2) is 55.3 Å². The Morgan fingerprint density at radius 3 is 2.43 bits per heavy atom. The molecule has 1 saturated heterocycles. The number of fused-ring (bicyclic) bond motifs is 1. The highest BCUT2D eigenvalue weighted by atomic mass is 32.2. The van der Waals surface area contributed by atoms with Gasteiger partial charge in [-0.1, -0.05) is 0 Å². The minimum Gasteiger partial charge on any atom is -0.406 e. The first kappa shape index (κ1) is 27.5. The topological polar surface area (TPSA) is 91.8 Å². The molecule has 200 valence electrons. The summed E-state index contributed by atoms with van der Waals surface area (Å²) in [4.78, 5) is 19.0. The maximum atomic E-state index is 13.2. The smallest absolute Gasteiger partial charge is 0.406 e. The minimum atomic E-state index is -4.86. The molecule has 1 N–H and O–H groups in total. The van der Waals surface area contributed by atoms with Gasteiger partial charge < -0.3 is 10.1 Å². The molecule has 0 aliphatic carbocycles. The number of thiol groups is 1. The molecule has 2 aromatic carbocycles. The van der Waals surface area contributed by atoms with Crippen LogP contribution in [0.4, 0.5) is 23.7 Å². The lowest BCUT2D eigenvalue weighted by molar-refractivity contribution is -0.274. The van der Waals surface area contributed by atoms with Crippen molar-refractivity contribution in [2.45, 2.75) is 54.4 Å². The highest BCUT2D eigenvalue weighted by Crippen LogP contribution is 2.30. The molecule has 1 aliphatic rings. The number of anilines is 1. The van der Waals surface area contributed by atoms with E-state index in [4.69, 9.17) is 0 Å². The number of sulfonamides is 1. The SMILES string of the molecule is CC(C)N(C(=O)NC1CCN(S(=O)(=O)c2ccc(OC(F)(F)F)cc2)CC1)c1ccc2nc(S)sc2c1. The lowest BCUT2D eigenvalue weighted by Crippen LogP contribution is -2.51. The molecular weight excluding hydrogens is 549 g/mol. The number of carbonyl (C=O) groups excluding carboxylic acids is 1. The Morgan fingerprint density at radius 1 is 1.19 bits per heavy atom. The molecule has 1 aliphatic heterocycles. The van der Waals surface area contributed by atoms with Crippen molar-refractivity contribution in [1.82, 2.24) is 14.6 Å². The highest BCUT2D eigenvalue weighted by Gasteiger charge is 2.33. The van der Waals surface area contributed by atoms with Crippen molar-refractivity contribution >= 4 is 55.9 Å². The van der Waals surface area contributed by atoms with Gasteiger partial charge in [0.1, 0.15) is 10.1 Å². The Hall–Kier alpha value is -2.55. The zero-order valence-corrected chi connectivity index (χ0v) is 22.4. The Morgan fingerprint density at radius 2 is 1.84 bits per heavy atom. The second-order valence-electron chi connectivity index (χ2n) is 8.76. The third kappa shape index (κ3) is 6.48. The number of hydrogen-bond donors (Lipinski definition) is 2. The minimum absolute atomic E-state index is 0.127. The number of piperidine rings is 1. The average Bonchev–Trinajstić information content (AvgIpc) is 3.18. The van der Waals surface area contributed by atoms with E-state index in [0.29, 0.717) is 17.2 Å². The lowest BCUT2D eigenvalue weighted by Gasteiger charge is -2.34. The predicted molar refractivity (Wildman–Crippen MR) is 138 cm³/mol. The monoisotopic (exact) mass is 574 g/mol. The zero-order chi connectivity index (χ0) is 27.0. The van der Waals surface area contributed by atoms with Crippen LogP contribution in [0.15, 0.2) is 51.7 Å². The van der Waals surface area contributed by atoms with Crippen LogP contribution >= 0.6 is 24.0 Å². The van der Waals surface area contributed by atoms with Gasteiger partial charge in [0.05, 0.1) is 15.1 Å². The zero-order valence-electron chi connectivity index (χ0n) is 19.9. The first-order chi connectivity index (χ1) is 17.3. The quantitative estimate of drug-likeness (QED) is 0.392. The standard InChI is InChI=1S/C23H25F3N4O4S3/c1-14(2)30(16-3-8-19-20(13-16)36-22(35)28-19)21(31)27-15-9-11-29(12-10-15)37(32,33)18-6-4-17(5-7-18)34-23(24,25)26/h3-8,13-15H,9-12H2,1-2H3,(H,27,31)(H,28,35). The van der Waals surface area contributed by atoms with Crippen LogP contribution in [0.3, 0.4) is 0 Å². The van der Waals surface area contributed by atoms with Crippen LogP contribution in [0, 0.1) is 0 Å². The third-order valence-electron chi connectivity index (χ3n) is 5.85. The maximum absolute atomic E-state index is 13.2. The van der Waals surface area contributed by atoms with Gasteiger partial charge in [-0.2, -0.15) is 4.31 Å². The van der Waals surface area contributed by atoms with E-state index in [2.05, 4.69) is 27.7 Å². The molecule has 2 amide bonds. The first-order valence-electron chi connectivity index (χ1n) is 11.4. The molecule has 4 rings (SSSR count). The number of thiazole rings is 1. The lowest BCUT2D eigenvalue weighted by atomic mass is 10.1. The fourth-order valence-corrected chi connectivity index (χ4v) is 6.76. The van der Waals surface area contributed by atoms with Crippen molar-refractivity contribution in [3.63, 3.8) is 0 Å². The van der Waals surface area contributed by atoms with Crippen molar-refractivity contribution in [3.8, 4) is 5.75 Å². The molecule has 14 heteroatoms. The average molecular weight is 575 g/mol. The summed E-state index contributed by atoms with van der Waals surface area (Å²) in [5.41, 5.74) is 1.52. The fourth-order valence-electron chi connectivity index (χ4n) is 4.15. The summed E-state index contributed by atoms with van der Waals surface area (Å²) >= 11 is 5.71. The third-order valence-corrected chi connectivity index (χ3v) is 8.96. The van der Waals surface area contributed by atoms with E-state index < -0.39 is 22.1 Å². The number of rotatable bonds is 6. The van der Waals surface area contributed by atoms with E-state index in [1.807, 2.05) is 32.0 Å². The Kier molecular flexibility index (Phi) is 7.93. The normalized spacial score (nSPS) is 15.8. The molecule has 0 unspecified atom stereocenters. The summed E-state index contributed by atoms with van der Waals surface area (Å²) in [6, 6.07) is 9.01. The molecule has 0 spiro atoms. The van der Waals surface area contributed by atoms with E-state index in [0.717, 1.165) is 40.2 Å². The summed E-state index contributed by atoms with van der Waals surface area (Å²) in [5, 5.41) is 3.01. The van der Waals surface area contributed by atoms with Crippen molar-refractivity contribution in [2.24, 2.45) is 0 Å². The van der Waals surface area contributed by atoms with Crippen molar-refractivity contribution < 1.29 is 31.1 Å². The number of ether oxygens (including phenoxy) is 1. The van der Waals surface area contributed by atoms with Gasteiger partial charge in [0, 0.05) is 30.9 Å². The Bertz CT molecular complexity index is 1370. The van der Waals surface area contributed by atoms with E-state index in [-0.39, 0.29) is 36.1 Å². The van der Waals surface area contributed by atoms with Gasteiger partial charge in [-0.25, -0.2) is 18.2 Å². The largest absolute Gasteiger partial charge is 0.573 e. The van der Waals surface area contributed by atoms with Crippen LogP contribution in [0.25, 0.3) is 10.2 Å². The van der Waals surface area contributed by atoms with Crippen LogP contribution in [0.1, 0.15) is 26.7 Å². The number of hydrogen-bond acceptors (Lipinski definition) is 7. The van der Waals surface area contributed by atoms with Gasteiger partial charge in [-0.15, -0.1) is 37.1 Å². The van der Waals surface area contributed by atoms with E-state index >= 15 is 0 Å². The number of alkyl halides is 3. The number of carbonyl (C=O) groups is 1. The first-order valence-corrected chi connectivity index (χ1v) is 14.1. The summed E-state index contributed by atoms with van der Waals surface area (Å²) in [6.45, 7) is 4.13. The molecular formula is C23H25F3N4O4S3. The molecule has 37 heavy (non-hydrogen) atoms. The number of urea groups is 1. The number of aromatic nitrogens is 1. The number of amides is 2. The van der Waals surface area contributed by atoms with E-state index in [1.54, 1.807) is 4.90 Å². The fraction of sp³-hybridized carbons (Fsp3) is 0.391. The molecule has 0 saturated carbocycles. The van der Waals surface area contributed by atoms with Crippen LogP contribution in [0.5, 0.6) is 5.75 Å². The van der Waals surface area contributed by atoms with E-state index in [9.17, 15) is 26.4 Å². The van der Waals surface area contributed by atoms with Gasteiger partial charge in [-0.05, 0) is 69.2 Å². The second kappa shape index (κ2) is 10.7. The Labute approximate surface area is 221 Å². The van der Waals surface area contributed by atoms with Gasteiger partial charge >= 0.3 is 12.4 Å². The number of halogens is 3. The maximum Gasteiger partial charge on any atom is 0.573 e. The molecule has 0 bridgehead atoms. The van der Waals surface area contributed by atoms with Gasteiger partial charge in [0.2, 0.25) is 10.0 Å². The number of nitrogens with one attached hydrogen (secondary N) is 1. The van der Waals surface area contributed by atoms with Crippen LogP contribution in [-0.2, 0) is 10.0 Å². The summed E-state index contributed by atoms with van der Waals surface area (Å²) in [7, 11) is -3.90. The van der Waals surface area contributed by atoms with Crippen molar-refractivity contribution in [3.05, 3.63) is 42.5 Å². The molecule has 1 fully saturated rings. The predicted octanol–water partition coefficient (Wildman–Crippen LogP) is 5.26. The summed E-state index contributed by atoms with van der Waals surface area (Å²) < 4.78 is 69.6. The molecule has 2 heterocycles. The van der Waals surface area contributed by atoms with Crippen molar-refractivity contribution in [1.29, 1.82) is 0 Å². The van der Waals surface area contributed by atoms with Gasteiger partial charge in [0.15, 0.2) is 0 Å². The van der Waals surface area contributed by atoms with Crippen LogP contribution in [0.2, 0.25) is 0 Å². The molecule has 1 aromatic heterocycles. The molecule has 3 aromatic rings. The molecule has 0 radical (unpaired) electrons. The van der Waals surface area contributed by atoms with Gasteiger partial charge in [0.25, 0.3) is 0 Å². The summed E-state index contributed by atoms with van der Waals surface area (Å²) in [5.74, 6) is -0.497. The summed E-state index contributed by atoms with van der Waals surface area (Å²) in [6.07, 6.45) is -4.08. The second-order valence-corrected chi connectivity index (χ2v) is 12.5. The highest BCUT2D eigenvalue weighted by molar-refractivity contribution is 7.89. The number of nitrogens with zero attached hydrogens (tertiary/aromatic N) is 3. The molecule has 8 nitrogen and oxygen atoms in total. The van der Waals surface area contributed by atoms with Gasteiger partial charge in [-0.3, -0.25) is 4.90 Å². The Balaban J connectivity index is 1.38. The number of benzene rings is 2. The van der Waals surface area contributed by atoms with Crippen molar-refractivity contribution in [2.75, 3.05) is 18.0 Å².